The minimum absolute atomic E-state index is 0. The van der Waals surface area contributed by atoms with E-state index in [0.29, 0.717) is 0 Å². The van der Waals surface area contributed by atoms with E-state index in [2.05, 4.69) is 0 Å². The summed E-state index contributed by atoms with van der Waals surface area (Å²) in [7, 11) is -3.21. The van der Waals surface area contributed by atoms with Crippen LogP contribution in [0, 0.1) is 0 Å². The molecule has 0 radical (unpaired) electrons. The molecule has 0 nitrogen and oxygen atoms in total. The molecule has 0 saturated carbocycles. The molecule has 1 aromatic rings. The zero-order valence-electron chi connectivity index (χ0n) is 5.02. The fourth-order valence-corrected chi connectivity index (χ4v) is 1.01. The molecule has 0 N–H and O–H groups in total. The highest BCUT2D eigenvalue weighted by Gasteiger charge is 2.15. The Labute approximate surface area is 65.7 Å². The Morgan fingerprint density at radius 3 is 1.80 bits per heavy atom. The van der Waals surface area contributed by atoms with Crippen molar-refractivity contribution in [2.75, 3.05) is 0 Å². The van der Waals surface area contributed by atoms with Gasteiger partial charge in [-0.2, -0.15) is 0 Å². The van der Waals surface area contributed by atoms with Gasteiger partial charge in [0.05, 0.1) is 0 Å². The summed E-state index contributed by atoms with van der Waals surface area (Å²) in [5, 5.41) is 0.183. The monoisotopic (exact) mass is 182 g/mol. The topological polar surface area (TPSA) is 0 Å². The third kappa shape index (κ3) is 2.59. The van der Waals surface area contributed by atoms with Gasteiger partial charge in [0, 0.05) is 0 Å². The molecule has 0 aliphatic rings. The Morgan fingerprint density at radius 2 is 1.50 bits per heavy atom. The summed E-state index contributed by atoms with van der Waals surface area (Å²) in [5.74, 6) is 0. The van der Waals surface area contributed by atoms with E-state index in [1.54, 1.807) is 18.2 Å². The molecule has 0 aliphatic carbocycles. The first-order valence-electron chi connectivity index (χ1n) is 2.54. The van der Waals surface area contributed by atoms with Crippen LogP contribution in [0.5, 0.6) is 0 Å². The second-order valence-electron chi connectivity index (χ2n) is 1.63. The van der Waals surface area contributed by atoms with E-state index in [0.717, 1.165) is 0 Å². The molecule has 0 aliphatic heterocycles. The van der Waals surface area contributed by atoms with Crippen molar-refractivity contribution in [3.05, 3.63) is 30.3 Å². The predicted octanol–water partition coefficient (Wildman–Crippen LogP) is -0.701. The minimum Gasteiger partial charge on any atom is -1.00 e. The fraction of sp³-hybridized carbons (Fsp3) is 0. The molecule has 0 saturated heterocycles. The van der Waals surface area contributed by atoms with Gasteiger partial charge in [-0.25, -0.2) is 0 Å². The molecule has 0 amide bonds. The van der Waals surface area contributed by atoms with Gasteiger partial charge >= 0.3 is 8.54 Å². The molecule has 4 heteroatoms. The van der Waals surface area contributed by atoms with E-state index in [-0.39, 0.29) is 17.7 Å². The highest BCUT2D eigenvalue weighted by molar-refractivity contribution is 7.55. The van der Waals surface area contributed by atoms with Crippen LogP contribution in [-0.2, 0) is 0 Å². The molecule has 0 unspecified atom stereocenters. The van der Waals surface area contributed by atoms with Crippen LogP contribution in [0.2, 0.25) is 0 Å². The van der Waals surface area contributed by atoms with E-state index in [1.807, 2.05) is 0 Å². The Morgan fingerprint density at radius 1 is 1.00 bits per heavy atom. The van der Waals surface area contributed by atoms with Gasteiger partial charge in [0.15, 0.2) is 5.30 Å². The number of halogens is 3. The van der Waals surface area contributed by atoms with Crippen molar-refractivity contribution in [3.63, 3.8) is 0 Å². The summed E-state index contributed by atoms with van der Waals surface area (Å²) in [4.78, 5) is 0. The zero-order chi connectivity index (χ0) is 6.69. The van der Waals surface area contributed by atoms with Gasteiger partial charge in [0.1, 0.15) is 0 Å². The van der Waals surface area contributed by atoms with Crippen molar-refractivity contribution in [3.8, 4) is 0 Å². The summed E-state index contributed by atoms with van der Waals surface area (Å²) in [6, 6.07) is 7.88. The first-order valence-corrected chi connectivity index (χ1v) is 3.79. The Hall–Kier alpha value is -0.200. The SMILES string of the molecule is F[PH+](F)c1ccccc1.[Cl-]. The van der Waals surface area contributed by atoms with Gasteiger partial charge in [-0.3, -0.25) is 0 Å². The Bertz CT molecular complexity index is 178. The molecule has 0 heterocycles. The van der Waals surface area contributed by atoms with E-state index in [4.69, 9.17) is 0 Å². The lowest BCUT2D eigenvalue weighted by Gasteiger charge is -1.84. The molecule has 0 atom stereocenters. The summed E-state index contributed by atoms with van der Waals surface area (Å²) >= 11 is 0. The molecule has 0 aromatic heterocycles. The third-order valence-corrected chi connectivity index (χ3v) is 1.76. The predicted molar refractivity (Wildman–Crippen MR) is 36.6 cm³/mol. The van der Waals surface area contributed by atoms with Crippen LogP contribution in [0.1, 0.15) is 0 Å². The van der Waals surface area contributed by atoms with Crippen LogP contribution in [-0.4, -0.2) is 0 Å². The van der Waals surface area contributed by atoms with E-state index < -0.39 is 8.54 Å². The van der Waals surface area contributed by atoms with Crippen LogP contribution in [0.15, 0.2) is 30.3 Å². The third-order valence-electron chi connectivity index (χ3n) is 0.992. The van der Waals surface area contributed by atoms with Crippen molar-refractivity contribution < 1.29 is 20.8 Å². The molecular weight excluding hydrogens is 176 g/mol. The van der Waals surface area contributed by atoms with Crippen molar-refractivity contribution in [2.24, 2.45) is 0 Å². The van der Waals surface area contributed by atoms with Crippen molar-refractivity contribution in [1.82, 2.24) is 0 Å². The fourth-order valence-electron chi connectivity index (χ4n) is 0.564. The second-order valence-corrected chi connectivity index (χ2v) is 2.72. The van der Waals surface area contributed by atoms with Crippen LogP contribution in [0.25, 0.3) is 0 Å². The maximum atomic E-state index is 11.9. The summed E-state index contributed by atoms with van der Waals surface area (Å²) in [6.45, 7) is 0. The smallest absolute Gasteiger partial charge is 0.408 e. The first-order chi connectivity index (χ1) is 4.30. The maximum Gasteiger partial charge on any atom is 0.408 e. The van der Waals surface area contributed by atoms with Gasteiger partial charge in [-0.1, -0.05) is 18.2 Å². The van der Waals surface area contributed by atoms with Crippen LogP contribution >= 0.6 is 8.54 Å². The molecule has 0 fully saturated rings. The van der Waals surface area contributed by atoms with Crippen LogP contribution in [0.4, 0.5) is 8.39 Å². The average molecular weight is 183 g/mol. The molecule has 0 spiro atoms. The van der Waals surface area contributed by atoms with E-state index >= 15 is 0 Å². The Kier molecular flexibility index (Phi) is 4.50. The molecule has 1 rings (SSSR count). The largest absolute Gasteiger partial charge is 1.00 e. The number of hydrogen-bond acceptors (Lipinski definition) is 0. The second kappa shape index (κ2) is 4.59. The van der Waals surface area contributed by atoms with E-state index in [9.17, 15) is 8.39 Å². The van der Waals surface area contributed by atoms with Crippen LogP contribution in [0.3, 0.4) is 0 Å². The zero-order valence-corrected chi connectivity index (χ0v) is 6.78. The number of rotatable bonds is 1. The van der Waals surface area contributed by atoms with Gasteiger partial charge in [-0.05, 0) is 20.5 Å². The summed E-state index contributed by atoms with van der Waals surface area (Å²) in [5.41, 5.74) is 0. The maximum absolute atomic E-state index is 11.9. The molecule has 0 bridgehead atoms. The molecular formula is C6H6ClF2P. The Balaban J connectivity index is 0.000000810. The molecule has 1 aromatic carbocycles. The van der Waals surface area contributed by atoms with Gasteiger partial charge in [-0.15, -0.1) is 0 Å². The molecule has 56 valence electrons. The van der Waals surface area contributed by atoms with Crippen molar-refractivity contribution in [1.29, 1.82) is 0 Å². The summed E-state index contributed by atoms with van der Waals surface area (Å²) in [6.07, 6.45) is 0. The normalized spacial score (nSPS) is 9.10. The minimum atomic E-state index is -3.21. The average Bonchev–Trinajstić information content (AvgIpc) is 1.90. The van der Waals surface area contributed by atoms with Crippen LogP contribution < -0.4 is 17.7 Å². The van der Waals surface area contributed by atoms with Gasteiger partial charge < -0.3 is 12.4 Å². The first kappa shape index (κ1) is 9.80. The highest BCUT2D eigenvalue weighted by Crippen LogP contribution is 2.36. The lowest BCUT2D eigenvalue weighted by molar-refractivity contribution is -0.00000317. The molecule has 10 heavy (non-hydrogen) atoms. The lowest BCUT2D eigenvalue weighted by atomic mass is 10.4. The number of hydrogen-bond donors (Lipinski definition) is 0. The van der Waals surface area contributed by atoms with Crippen molar-refractivity contribution >= 4 is 13.8 Å². The quantitative estimate of drug-likeness (QED) is 0.504. The highest BCUT2D eigenvalue weighted by atomic mass is 35.5. The summed E-state index contributed by atoms with van der Waals surface area (Å²) < 4.78 is 23.7. The van der Waals surface area contributed by atoms with Gasteiger partial charge in [0.2, 0.25) is 0 Å². The van der Waals surface area contributed by atoms with Gasteiger partial charge in [0.25, 0.3) is 0 Å². The van der Waals surface area contributed by atoms with E-state index in [1.165, 1.54) is 12.1 Å². The standard InChI is InChI=1S/C6H5F2P.ClH/c7-9(8)6-4-2-1-3-5-6;/h1-5H;1H. The van der Waals surface area contributed by atoms with Crippen molar-refractivity contribution in [2.45, 2.75) is 0 Å². The lowest BCUT2D eigenvalue weighted by Crippen LogP contribution is -3.00. The number of benzene rings is 1.